The zero-order valence-electron chi connectivity index (χ0n) is 8.72. The van der Waals surface area contributed by atoms with E-state index in [2.05, 4.69) is 27.2 Å². The van der Waals surface area contributed by atoms with E-state index in [0.717, 1.165) is 35.3 Å². The van der Waals surface area contributed by atoms with E-state index in [-0.39, 0.29) is 0 Å². The van der Waals surface area contributed by atoms with Gasteiger partial charge in [0.25, 0.3) is 0 Å². The zero-order chi connectivity index (χ0) is 11.1. The van der Waals surface area contributed by atoms with Gasteiger partial charge in [-0.2, -0.15) is 0 Å². The van der Waals surface area contributed by atoms with Crippen molar-refractivity contribution in [3.8, 4) is 18.1 Å². The first kappa shape index (κ1) is 11.9. The van der Waals surface area contributed by atoms with Crippen LogP contribution in [-0.4, -0.2) is 13.7 Å². The van der Waals surface area contributed by atoms with Crippen LogP contribution in [0.2, 0.25) is 0 Å². The number of ether oxygens (including phenoxy) is 1. The van der Waals surface area contributed by atoms with Crippen LogP contribution in [0.4, 0.5) is 5.69 Å². The van der Waals surface area contributed by atoms with Crippen LogP contribution in [0.1, 0.15) is 12.8 Å². The van der Waals surface area contributed by atoms with Gasteiger partial charge in [-0.25, -0.2) is 0 Å². The molecular formula is C12H14BrNO. The Labute approximate surface area is 99.2 Å². The highest BCUT2D eigenvalue weighted by atomic mass is 79.9. The van der Waals surface area contributed by atoms with Crippen LogP contribution < -0.4 is 10.1 Å². The molecule has 0 fully saturated rings. The Hall–Kier alpha value is -1.14. The second-order valence-corrected chi connectivity index (χ2v) is 3.94. The van der Waals surface area contributed by atoms with Crippen LogP contribution in [0.25, 0.3) is 0 Å². The number of halogens is 1. The Morgan fingerprint density at radius 1 is 1.53 bits per heavy atom. The minimum absolute atomic E-state index is 0.810. The molecule has 0 spiro atoms. The van der Waals surface area contributed by atoms with Crippen molar-refractivity contribution < 1.29 is 4.74 Å². The SMILES string of the molecule is C#CCCCNc1ccc(OC)c(Br)c1. The average Bonchev–Trinajstić information content (AvgIpc) is 2.25. The molecular weight excluding hydrogens is 254 g/mol. The molecule has 2 nitrogen and oxygen atoms in total. The molecule has 0 heterocycles. The van der Waals surface area contributed by atoms with Crippen molar-refractivity contribution in [2.24, 2.45) is 0 Å². The molecule has 1 aromatic carbocycles. The summed E-state index contributed by atoms with van der Waals surface area (Å²) < 4.78 is 6.09. The fourth-order valence-electron chi connectivity index (χ4n) is 1.20. The monoisotopic (exact) mass is 267 g/mol. The van der Waals surface area contributed by atoms with Crippen LogP contribution in [0.5, 0.6) is 5.75 Å². The van der Waals surface area contributed by atoms with Crippen LogP contribution in [0, 0.1) is 12.3 Å². The number of benzene rings is 1. The normalized spacial score (nSPS) is 9.40. The van der Waals surface area contributed by atoms with Crippen LogP contribution in [0.15, 0.2) is 22.7 Å². The third-order valence-electron chi connectivity index (χ3n) is 1.98. The average molecular weight is 268 g/mol. The number of hydrogen-bond donors (Lipinski definition) is 1. The van der Waals surface area contributed by atoms with Gasteiger partial charge in [-0.1, -0.05) is 0 Å². The molecule has 1 rings (SSSR count). The maximum Gasteiger partial charge on any atom is 0.133 e. The van der Waals surface area contributed by atoms with E-state index in [4.69, 9.17) is 11.2 Å². The molecule has 0 atom stereocenters. The van der Waals surface area contributed by atoms with E-state index in [9.17, 15) is 0 Å². The summed E-state index contributed by atoms with van der Waals surface area (Å²) in [5.41, 5.74) is 1.07. The van der Waals surface area contributed by atoms with Gasteiger partial charge in [0.2, 0.25) is 0 Å². The molecule has 0 unspecified atom stereocenters. The Bertz CT molecular complexity index is 357. The lowest BCUT2D eigenvalue weighted by Crippen LogP contribution is -2.00. The van der Waals surface area contributed by atoms with Crippen molar-refractivity contribution in [1.29, 1.82) is 0 Å². The topological polar surface area (TPSA) is 21.3 Å². The smallest absolute Gasteiger partial charge is 0.133 e. The largest absolute Gasteiger partial charge is 0.496 e. The molecule has 3 heteroatoms. The van der Waals surface area contributed by atoms with Crippen molar-refractivity contribution in [3.05, 3.63) is 22.7 Å². The van der Waals surface area contributed by atoms with E-state index >= 15 is 0 Å². The summed E-state index contributed by atoms with van der Waals surface area (Å²) in [7, 11) is 1.65. The van der Waals surface area contributed by atoms with Gasteiger partial charge in [-0.05, 0) is 40.5 Å². The highest BCUT2D eigenvalue weighted by molar-refractivity contribution is 9.10. The number of unbranched alkanes of at least 4 members (excludes halogenated alkanes) is 1. The molecule has 0 aliphatic carbocycles. The lowest BCUT2D eigenvalue weighted by atomic mass is 10.2. The third-order valence-corrected chi connectivity index (χ3v) is 2.60. The summed E-state index contributed by atoms with van der Waals surface area (Å²) >= 11 is 3.43. The van der Waals surface area contributed by atoms with E-state index in [1.54, 1.807) is 7.11 Å². The van der Waals surface area contributed by atoms with Gasteiger partial charge in [0.05, 0.1) is 11.6 Å². The fourth-order valence-corrected chi connectivity index (χ4v) is 1.74. The number of methoxy groups -OCH3 is 1. The lowest BCUT2D eigenvalue weighted by molar-refractivity contribution is 0.412. The molecule has 0 bridgehead atoms. The van der Waals surface area contributed by atoms with Gasteiger partial charge in [0, 0.05) is 18.7 Å². The summed E-state index contributed by atoms with van der Waals surface area (Å²) in [4.78, 5) is 0. The summed E-state index contributed by atoms with van der Waals surface area (Å²) in [6.45, 7) is 0.892. The molecule has 0 saturated heterocycles. The molecule has 80 valence electrons. The molecule has 0 radical (unpaired) electrons. The molecule has 1 N–H and O–H groups in total. The standard InChI is InChI=1S/C12H14BrNO/c1-3-4-5-8-14-10-6-7-12(15-2)11(13)9-10/h1,6-7,9,14H,4-5,8H2,2H3. The van der Waals surface area contributed by atoms with Gasteiger partial charge >= 0.3 is 0 Å². The minimum Gasteiger partial charge on any atom is -0.496 e. The zero-order valence-corrected chi connectivity index (χ0v) is 10.3. The Morgan fingerprint density at radius 3 is 2.93 bits per heavy atom. The van der Waals surface area contributed by atoms with Gasteiger partial charge in [-0.3, -0.25) is 0 Å². The summed E-state index contributed by atoms with van der Waals surface area (Å²) in [6, 6.07) is 5.90. The Balaban J connectivity index is 2.49. The van der Waals surface area contributed by atoms with Gasteiger partial charge in [0.15, 0.2) is 0 Å². The molecule has 0 saturated carbocycles. The Morgan fingerprint density at radius 2 is 2.33 bits per heavy atom. The van der Waals surface area contributed by atoms with Crippen molar-refractivity contribution in [1.82, 2.24) is 0 Å². The summed E-state index contributed by atoms with van der Waals surface area (Å²) in [5, 5.41) is 3.29. The van der Waals surface area contributed by atoms with Crippen LogP contribution in [-0.2, 0) is 0 Å². The molecule has 0 aliphatic rings. The number of anilines is 1. The maximum atomic E-state index is 5.17. The molecule has 1 aromatic rings. The van der Waals surface area contributed by atoms with Crippen molar-refractivity contribution in [2.75, 3.05) is 19.0 Å². The first-order valence-corrected chi connectivity index (χ1v) is 5.58. The highest BCUT2D eigenvalue weighted by Gasteiger charge is 2.00. The van der Waals surface area contributed by atoms with Gasteiger partial charge in [0.1, 0.15) is 5.75 Å². The van der Waals surface area contributed by atoms with E-state index in [1.165, 1.54) is 0 Å². The number of rotatable bonds is 5. The highest BCUT2D eigenvalue weighted by Crippen LogP contribution is 2.27. The lowest BCUT2D eigenvalue weighted by Gasteiger charge is -2.08. The van der Waals surface area contributed by atoms with Crippen molar-refractivity contribution >= 4 is 21.6 Å². The quantitative estimate of drug-likeness (QED) is 0.653. The van der Waals surface area contributed by atoms with Crippen molar-refractivity contribution in [2.45, 2.75) is 12.8 Å². The molecule has 0 aromatic heterocycles. The predicted octanol–water partition coefficient (Wildman–Crippen LogP) is 3.28. The number of hydrogen-bond acceptors (Lipinski definition) is 2. The number of nitrogens with one attached hydrogen (secondary N) is 1. The van der Waals surface area contributed by atoms with Crippen LogP contribution >= 0.6 is 15.9 Å². The minimum atomic E-state index is 0.810. The molecule has 15 heavy (non-hydrogen) atoms. The first-order valence-electron chi connectivity index (χ1n) is 4.79. The second kappa shape index (κ2) is 6.36. The summed E-state index contributed by atoms with van der Waals surface area (Å²) in [5.74, 6) is 3.45. The number of terminal acetylenes is 1. The van der Waals surface area contributed by atoms with Crippen molar-refractivity contribution in [3.63, 3.8) is 0 Å². The second-order valence-electron chi connectivity index (χ2n) is 3.08. The van der Waals surface area contributed by atoms with E-state index in [0.29, 0.717) is 0 Å². The third kappa shape index (κ3) is 3.85. The molecule has 0 aliphatic heterocycles. The van der Waals surface area contributed by atoms with E-state index < -0.39 is 0 Å². The van der Waals surface area contributed by atoms with Gasteiger partial charge in [-0.15, -0.1) is 12.3 Å². The van der Waals surface area contributed by atoms with Crippen LogP contribution in [0.3, 0.4) is 0 Å². The first-order chi connectivity index (χ1) is 7.27. The van der Waals surface area contributed by atoms with E-state index in [1.807, 2.05) is 18.2 Å². The predicted molar refractivity (Wildman–Crippen MR) is 67.3 cm³/mol. The van der Waals surface area contributed by atoms with Gasteiger partial charge < -0.3 is 10.1 Å². The maximum absolute atomic E-state index is 5.17. The molecule has 0 amide bonds. The fraction of sp³-hybridized carbons (Fsp3) is 0.333. The summed E-state index contributed by atoms with van der Waals surface area (Å²) in [6.07, 6.45) is 6.96. The Kier molecular flexibility index (Phi) is 5.06.